The molecule has 7 nitrogen and oxygen atoms in total. The van der Waals surface area contributed by atoms with Crippen LogP contribution in [0.15, 0.2) is 43.0 Å². The van der Waals surface area contributed by atoms with Gasteiger partial charge in [-0.25, -0.2) is 9.50 Å². The lowest BCUT2D eigenvalue weighted by Gasteiger charge is -2.33. The standard InChI is InChI=1S/C23H30N6O/c1-17(2)10-18-5-7-19(8-6-18)13-28-9-3-4-21(15-28)27-22(30)11-20-12-24-23-25-16-26-29(23)14-20/h5-8,12,14,16-17,21H,3-4,9-11,13,15H2,1-2H3,(H,27,30). The van der Waals surface area contributed by atoms with E-state index in [9.17, 15) is 4.79 Å². The molecule has 1 aliphatic rings. The summed E-state index contributed by atoms with van der Waals surface area (Å²) in [5, 5.41) is 7.28. The Morgan fingerprint density at radius 3 is 2.77 bits per heavy atom. The summed E-state index contributed by atoms with van der Waals surface area (Å²) in [5.74, 6) is 1.25. The fourth-order valence-corrected chi connectivity index (χ4v) is 4.14. The summed E-state index contributed by atoms with van der Waals surface area (Å²) in [4.78, 5) is 23.2. The highest BCUT2D eigenvalue weighted by Gasteiger charge is 2.21. The molecule has 0 bridgehead atoms. The van der Waals surface area contributed by atoms with E-state index < -0.39 is 0 Å². The van der Waals surface area contributed by atoms with Crippen molar-refractivity contribution in [2.45, 2.75) is 52.1 Å². The van der Waals surface area contributed by atoms with Crippen LogP contribution in [0.25, 0.3) is 5.78 Å². The van der Waals surface area contributed by atoms with Crippen molar-refractivity contribution in [1.29, 1.82) is 0 Å². The summed E-state index contributed by atoms with van der Waals surface area (Å²) < 4.78 is 1.59. The van der Waals surface area contributed by atoms with Crippen LogP contribution in [0.5, 0.6) is 0 Å². The van der Waals surface area contributed by atoms with Gasteiger partial charge < -0.3 is 5.32 Å². The molecule has 1 aromatic carbocycles. The Kier molecular flexibility index (Phi) is 6.38. The molecule has 0 aliphatic carbocycles. The van der Waals surface area contributed by atoms with E-state index in [1.54, 1.807) is 10.7 Å². The van der Waals surface area contributed by atoms with Crippen molar-refractivity contribution in [1.82, 2.24) is 29.8 Å². The van der Waals surface area contributed by atoms with Gasteiger partial charge in [0.25, 0.3) is 5.78 Å². The molecule has 1 atom stereocenters. The van der Waals surface area contributed by atoms with Crippen LogP contribution in [-0.2, 0) is 24.2 Å². The summed E-state index contributed by atoms with van der Waals surface area (Å²) in [6.07, 6.45) is 8.51. The molecule has 3 aromatic rings. The van der Waals surface area contributed by atoms with Crippen LogP contribution >= 0.6 is 0 Å². The number of rotatable bonds is 7. The Morgan fingerprint density at radius 2 is 1.97 bits per heavy atom. The van der Waals surface area contributed by atoms with Crippen LogP contribution in [0.3, 0.4) is 0 Å². The van der Waals surface area contributed by atoms with Crippen molar-refractivity contribution in [3.8, 4) is 0 Å². The number of hydrogen-bond acceptors (Lipinski definition) is 5. The molecule has 2 aromatic heterocycles. The average molecular weight is 407 g/mol. The largest absolute Gasteiger partial charge is 0.352 e. The quantitative estimate of drug-likeness (QED) is 0.653. The van der Waals surface area contributed by atoms with Crippen LogP contribution in [0.1, 0.15) is 43.4 Å². The first-order valence-electron chi connectivity index (χ1n) is 10.8. The molecule has 1 aliphatic heterocycles. The number of benzene rings is 1. The predicted octanol–water partition coefficient (Wildman–Crippen LogP) is 2.65. The van der Waals surface area contributed by atoms with Crippen LogP contribution < -0.4 is 5.32 Å². The molecule has 7 heteroatoms. The highest BCUT2D eigenvalue weighted by molar-refractivity contribution is 5.78. The molecular formula is C23H30N6O. The van der Waals surface area contributed by atoms with Crippen molar-refractivity contribution in [3.05, 3.63) is 59.7 Å². The van der Waals surface area contributed by atoms with Gasteiger partial charge in [0.15, 0.2) is 0 Å². The molecule has 4 rings (SSSR count). The number of nitrogens with zero attached hydrogens (tertiary/aromatic N) is 5. The molecule has 30 heavy (non-hydrogen) atoms. The van der Waals surface area contributed by atoms with Crippen molar-refractivity contribution >= 4 is 11.7 Å². The molecule has 1 N–H and O–H groups in total. The Bertz CT molecular complexity index is 981. The normalized spacial score (nSPS) is 17.5. The van der Waals surface area contributed by atoms with Gasteiger partial charge in [0.05, 0.1) is 6.42 Å². The number of hydrogen-bond donors (Lipinski definition) is 1. The average Bonchev–Trinajstić information content (AvgIpc) is 3.17. The molecule has 0 radical (unpaired) electrons. The SMILES string of the molecule is CC(C)Cc1ccc(CN2CCCC(NC(=O)Cc3cnc4ncnn4c3)C2)cc1. The number of carbonyl (C=O) groups is 1. The number of nitrogens with one attached hydrogen (secondary N) is 1. The minimum atomic E-state index is 0.0288. The third-order valence-corrected chi connectivity index (χ3v) is 5.50. The third-order valence-electron chi connectivity index (χ3n) is 5.50. The third kappa shape index (κ3) is 5.42. The maximum atomic E-state index is 12.5. The van der Waals surface area contributed by atoms with Crippen LogP contribution in [0, 0.1) is 5.92 Å². The zero-order valence-corrected chi connectivity index (χ0v) is 17.8. The van der Waals surface area contributed by atoms with Crippen LogP contribution in [0.2, 0.25) is 0 Å². The maximum Gasteiger partial charge on any atom is 0.252 e. The lowest BCUT2D eigenvalue weighted by molar-refractivity contribution is -0.121. The number of aromatic nitrogens is 4. The molecule has 0 saturated carbocycles. The van der Waals surface area contributed by atoms with Gasteiger partial charge in [-0.05, 0) is 48.4 Å². The second-order valence-electron chi connectivity index (χ2n) is 8.70. The minimum absolute atomic E-state index is 0.0288. The Balaban J connectivity index is 1.28. The lowest BCUT2D eigenvalue weighted by Crippen LogP contribution is -2.47. The number of fused-ring (bicyclic) bond motifs is 1. The number of piperidine rings is 1. The highest BCUT2D eigenvalue weighted by Crippen LogP contribution is 2.16. The van der Waals surface area contributed by atoms with Crippen molar-refractivity contribution in [3.63, 3.8) is 0 Å². The lowest BCUT2D eigenvalue weighted by atomic mass is 10.0. The minimum Gasteiger partial charge on any atom is -0.352 e. The molecule has 1 fully saturated rings. The maximum absolute atomic E-state index is 12.5. The first kappa shape index (κ1) is 20.5. The molecule has 1 saturated heterocycles. The fraction of sp³-hybridized carbons (Fsp3) is 0.478. The monoisotopic (exact) mass is 406 g/mol. The zero-order chi connectivity index (χ0) is 20.9. The zero-order valence-electron chi connectivity index (χ0n) is 17.8. The summed E-state index contributed by atoms with van der Waals surface area (Å²) in [6, 6.07) is 9.17. The van der Waals surface area contributed by atoms with Gasteiger partial charge in [-0.15, -0.1) is 0 Å². The second-order valence-corrected chi connectivity index (χ2v) is 8.70. The Hall–Kier alpha value is -2.80. The van der Waals surface area contributed by atoms with Gasteiger partial charge in [-0.1, -0.05) is 38.1 Å². The van der Waals surface area contributed by atoms with Gasteiger partial charge >= 0.3 is 0 Å². The van der Waals surface area contributed by atoms with Gasteiger partial charge in [0, 0.05) is 31.5 Å². The van der Waals surface area contributed by atoms with E-state index in [4.69, 9.17) is 0 Å². The molecule has 1 unspecified atom stereocenters. The van der Waals surface area contributed by atoms with E-state index in [1.165, 1.54) is 17.5 Å². The summed E-state index contributed by atoms with van der Waals surface area (Å²) in [6.45, 7) is 7.40. The number of carbonyl (C=O) groups excluding carboxylic acids is 1. The number of amides is 1. The van der Waals surface area contributed by atoms with Gasteiger partial charge in [-0.3, -0.25) is 9.69 Å². The Labute approximate surface area is 177 Å². The first-order chi connectivity index (χ1) is 14.5. The van der Waals surface area contributed by atoms with Crippen molar-refractivity contribution in [2.75, 3.05) is 13.1 Å². The summed E-state index contributed by atoms with van der Waals surface area (Å²) in [7, 11) is 0. The Morgan fingerprint density at radius 1 is 1.17 bits per heavy atom. The van der Waals surface area contributed by atoms with E-state index in [-0.39, 0.29) is 11.9 Å². The molecule has 158 valence electrons. The molecule has 1 amide bonds. The summed E-state index contributed by atoms with van der Waals surface area (Å²) in [5.41, 5.74) is 3.57. The molecule has 0 spiro atoms. The number of likely N-dealkylation sites (tertiary alicyclic amines) is 1. The smallest absolute Gasteiger partial charge is 0.252 e. The van der Waals surface area contributed by atoms with Gasteiger partial charge in [0.2, 0.25) is 5.91 Å². The highest BCUT2D eigenvalue weighted by atomic mass is 16.1. The van der Waals surface area contributed by atoms with Gasteiger partial charge in [0.1, 0.15) is 6.33 Å². The van der Waals surface area contributed by atoms with E-state index in [0.29, 0.717) is 18.1 Å². The van der Waals surface area contributed by atoms with E-state index in [0.717, 1.165) is 44.5 Å². The van der Waals surface area contributed by atoms with Crippen molar-refractivity contribution < 1.29 is 4.79 Å². The van der Waals surface area contributed by atoms with Crippen molar-refractivity contribution in [2.24, 2.45) is 5.92 Å². The second kappa shape index (κ2) is 9.34. The fourth-order valence-electron chi connectivity index (χ4n) is 4.14. The molecular weight excluding hydrogens is 376 g/mol. The topological polar surface area (TPSA) is 75.4 Å². The van der Waals surface area contributed by atoms with E-state index >= 15 is 0 Å². The van der Waals surface area contributed by atoms with Crippen LogP contribution in [-0.4, -0.2) is 49.5 Å². The van der Waals surface area contributed by atoms with E-state index in [1.807, 2.05) is 6.20 Å². The first-order valence-corrected chi connectivity index (χ1v) is 10.8. The molecule has 3 heterocycles. The van der Waals surface area contributed by atoms with Crippen LogP contribution in [0.4, 0.5) is 0 Å². The van der Waals surface area contributed by atoms with E-state index in [2.05, 4.69) is 63.4 Å². The predicted molar refractivity (Wildman–Crippen MR) is 116 cm³/mol. The summed E-state index contributed by atoms with van der Waals surface area (Å²) >= 11 is 0. The van der Waals surface area contributed by atoms with Gasteiger partial charge in [-0.2, -0.15) is 10.1 Å².